The number of nitrogens with one attached hydrogen (secondary N) is 1. The van der Waals surface area contributed by atoms with Gasteiger partial charge in [0.2, 0.25) is 20.0 Å². The summed E-state index contributed by atoms with van der Waals surface area (Å²) in [7, 11) is -6.32. The highest BCUT2D eigenvalue weighted by Crippen LogP contribution is 2.42. The van der Waals surface area contributed by atoms with Gasteiger partial charge in [-0.05, 0) is 60.3 Å². The lowest BCUT2D eigenvalue weighted by atomic mass is 10.1. The molecule has 8 heteroatoms. The molecule has 0 aromatic rings. The molecule has 3 N–H and O–H groups in total. The monoisotopic (exact) mass is 326 g/mol. The highest BCUT2D eigenvalue weighted by molar-refractivity contribution is 7.91. The minimum atomic E-state index is -3.23. The van der Waals surface area contributed by atoms with Gasteiger partial charge in [-0.15, -0.1) is 0 Å². The maximum atomic E-state index is 11.6. The van der Waals surface area contributed by atoms with Crippen LogP contribution >= 0.6 is 0 Å². The van der Waals surface area contributed by atoms with E-state index >= 15 is 0 Å². The Bertz CT molecular complexity index is 565. The molecule has 0 bridgehead atoms. The number of primary sulfonamides is 1. The van der Waals surface area contributed by atoms with Gasteiger partial charge in [-0.2, -0.15) is 0 Å². The number of nitrogens with two attached hydrogens (primary N) is 1. The molecule has 0 atom stereocenters. The van der Waals surface area contributed by atoms with Crippen LogP contribution in [-0.2, 0) is 20.0 Å². The van der Waals surface area contributed by atoms with E-state index in [1.54, 1.807) is 13.8 Å². The zero-order valence-corrected chi connectivity index (χ0v) is 14.5. The van der Waals surface area contributed by atoms with Crippen molar-refractivity contribution in [2.24, 2.45) is 5.14 Å². The largest absolute Gasteiger partial charge is 0.228 e. The fraction of sp³-hybridized carbons (Fsp3) is 1.00. The molecule has 2 rings (SSSR count). The van der Waals surface area contributed by atoms with Crippen LogP contribution in [0.4, 0.5) is 0 Å². The third-order valence-electron chi connectivity index (χ3n) is 3.68. The Hall–Kier alpha value is -0.180. The molecule has 6 nitrogen and oxygen atoms in total. The molecule has 0 spiro atoms. The first-order valence-electron chi connectivity index (χ1n) is 6.68. The number of rotatable bonds is 3. The van der Waals surface area contributed by atoms with Gasteiger partial charge in [0.15, 0.2) is 0 Å². The van der Waals surface area contributed by atoms with Crippen LogP contribution < -0.4 is 9.86 Å². The molecule has 2 fully saturated rings. The van der Waals surface area contributed by atoms with E-state index in [-0.39, 0.29) is 5.54 Å². The third-order valence-corrected chi connectivity index (χ3v) is 8.05. The van der Waals surface area contributed by atoms with E-state index < -0.39 is 29.5 Å². The topological polar surface area (TPSA) is 106 Å². The van der Waals surface area contributed by atoms with Crippen LogP contribution in [0.15, 0.2) is 0 Å². The van der Waals surface area contributed by atoms with E-state index in [1.807, 2.05) is 20.8 Å². The molecule has 120 valence electrons. The summed E-state index contributed by atoms with van der Waals surface area (Å²) >= 11 is 0. The Morgan fingerprint density at radius 2 is 1.25 bits per heavy atom. The smallest absolute Gasteiger partial charge is 0.217 e. The Balaban J connectivity index is 0.000000217. The maximum Gasteiger partial charge on any atom is 0.217 e. The molecule has 2 aliphatic rings. The number of hydrogen-bond donors (Lipinski definition) is 2. The van der Waals surface area contributed by atoms with Crippen molar-refractivity contribution in [3.63, 3.8) is 0 Å². The molecule has 0 unspecified atom stereocenters. The van der Waals surface area contributed by atoms with E-state index in [0.717, 1.165) is 25.7 Å². The van der Waals surface area contributed by atoms with Gasteiger partial charge < -0.3 is 0 Å². The highest BCUT2D eigenvalue weighted by atomic mass is 32.2. The molecule has 0 aromatic heterocycles. The molecule has 0 saturated heterocycles. The van der Waals surface area contributed by atoms with E-state index in [2.05, 4.69) is 4.72 Å². The molecule has 0 radical (unpaired) electrons. The zero-order chi connectivity index (χ0) is 16.0. The fourth-order valence-corrected chi connectivity index (χ4v) is 3.79. The molecule has 20 heavy (non-hydrogen) atoms. The summed E-state index contributed by atoms with van der Waals surface area (Å²) < 4.78 is 45.8. The first kappa shape index (κ1) is 17.9. The minimum absolute atomic E-state index is 0.357. The quantitative estimate of drug-likeness (QED) is 0.809. The van der Waals surface area contributed by atoms with Crippen molar-refractivity contribution in [1.82, 2.24) is 4.72 Å². The van der Waals surface area contributed by atoms with Crippen LogP contribution in [0, 0.1) is 0 Å². The van der Waals surface area contributed by atoms with E-state index in [4.69, 9.17) is 5.14 Å². The standard InChI is InChI=1S/C8H17NO2S.C4H9NO2S/c1-7(2,3)9-12(10,11)8(4)5-6-8;1-4(2-3-4)8(5,6)7/h9H,5-6H2,1-4H3;2-3H2,1H3,(H2,5,6,7). The van der Waals surface area contributed by atoms with Gasteiger partial charge >= 0.3 is 0 Å². The molecule has 0 aliphatic heterocycles. The van der Waals surface area contributed by atoms with Crippen molar-refractivity contribution >= 4 is 20.0 Å². The highest BCUT2D eigenvalue weighted by Gasteiger charge is 2.51. The second-order valence-corrected chi connectivity index (χ2v) is 11.6. The van der Waals surface area contributed by atoms with Gasteiger partial charge in [-0.3, -0.25) is 0 Å². The minimum Gasteiger partial charge on any atom is -0.228 e. The summed E-state index contributed by atoms with van der Waals surface area (Å²) in [5.74, 6) is 0. The van der Waals surface area contributed by atoms with Gasteiger partial charge in [-0.25, -0.2) is 26.7 Å². The number of hydrogen-bond acceptors (Lipinski definition) is 4. The third kappa shape index (κ3) is 4.41. The summed E-state index contributed by atoms with van der Waals surface area (Å²) in [6.07, 6.45) is 3.04. The summed E-state index contributed by atoms with van der Waals surface area (Å²) in [4.78, 5) is 0. The van der Waals surface area contributed by atoms with Crippen molar-refractivity contribution < 1.29 is 16.8 Å². The molecular formula is C12H26N2O4S2. The van der Waals surface area contributed by atoms with Crippen molar-refractivity contribution in [3.05, 3.63) is 0 Å². The van der Waals surface area contributed by atoms with Crippen LogP contribution in [-0.4, -0.2) is 31.9 Å². The SMILES string of the molecule is CC(C)(C)NS(=O)(=O)C1(C)CC1.CC1(S(N)(=O)=O)CC1. The van der Waals surface area contributed by atoms with E-state index in [1.165, 1.54) is 0 Å². The molecule has 2 saturated carbocycles. The lowest BCUT2D eigenvalue weighted by molar-refractivity contribution is 0.484. The van der Waals surface area contributed by atoms with Gasteiger partial charge in [-0.1, -0.05) is 0 Å². The second-order valence-electron chi connectivity index (χ2n) is 7.30. The fourth-order valence-electron chi connectivity index (χ4n) is 1.43. The van der Waals surface area contributed by atoms with Crippen molar-refractivity contribution in [2.45, 2.75) is 75.3 Å². The van der Waals surface area contributed by atoms with Crippen LogP contribution in [0.25, 0.3) is 0 Å². The molecule has 0 aromatic carbocycles. The molecular weight excluding hydrogens is 300 g/mol. The summed E-state index contributed by atoms with van der Waals surface area (Å²) in [6.45, 7) is 9.03. The van der Waals surface area contributed by atoms with E-state index in [0.29, 0.717) is 0 Å². The maximum absolute atomic E-state index is 11.6. The average Bonchev–Trinajstić information content (AvgIpc) is 3.01. The Morgan fingerprint density at radius 3 is 1.40 bits per heavy atom. The Labute approximate surface area is 122 Å². The van der Waals surface area contributed by atoms with E-state index in [9.17, 15) is 16.8 Å². The van der Waals surface area contributed by atoms with Crippen molar-refractivity contribution in [1.29, 1.82) is 0 Å². The average molecular weight is 326 g/mol. The normalized spacial score (nSPS) is 23.5. The van der Waals surface area contributed by atoms with Gasteiger partial charge in [0.05, 0.1) is 9.49 Å². The van der Waals surface area contributed by atoms with Crippen LogP contribution in [0.3, 0.4) is 0 Å². The van der Waals surface area contributed by atoms with Crippen molar-refractivity contribution in [2.75, 3.05) is 0 Å². The Kier molecular flexibility index (Phi) is 4.40. The molecule has 0 amide bonds. The van der Waals surface area contributed by atoms with Gasteiger partial charge in [0.25, 0.3) is 0 Å². The lowest BCUT2D eigenvalue weighted by Crippen LogP contribution is -2.45. The summed E-state index contributed by atoms with van der Waals surface area (Å²) in [5, 5.41) is 4.85. The van der Waals surface area contributed by atoms with Crippen LogP contribution in [0.2, 0.25) is 0 Å². The number of sulfonamides is 2. The first-order valence-corrected chi connectivity index (χ1v) is 9.71. The first-order chi connectivity index (χ1) is 8.62. The van der Waals surface area contributed by atoms with Crippen molar-refractivity contribution in [3.8, 4) is 0 Å². The zero-order valence-electron chi connectivity index (χ0n) is 12.9. The molecule has 2 aliphatic carbocycles. The lowest BCUT2D eigenvalue weighted by Gasteiger charge is -2.23. The van der Waals surface area contributed by atoms with Gasteiger partial charge in [0, 0.05) is 5.54 Å². The predicted octanol–water partition coefficient (Wildman–Crippen LogP) is 1.08. The van der Waals surface area contributed by atoms with Crippen LogP contribution in [0.1, 0.15) is 60.3 Å². The van der Waals surface area contributed by atoms with Gasteiger partial charge in [0.1, 0.15) is 0 Å². The predicted molar refractivity (Wildman–Crippen MR) is 80.2 cm³/mol. The Morgan fingerprint density at radius 1 is 0.900 bits per heavy atom. The van der Waals surface area contributed by atoms with Crippen LogP contribution in [0.5, 0.6) is 0 Å². The second kappa shape index (κ2) is 4.93. The summed E-state index contributed by atoms with van der Waals surface area (Å²) in [6, 6.07) is 0. The molecule has 0 heterocycles. The summed E-state index contributed by atoms with van der Waals surface area (Å²) in [5.41, 5.74) is -0.357.